The third-order valence-corrected chi connectivity index (χ3v) is 26.3. The van der Waals surface area contributed by atoms with Crippen LogP contribution in [0.3, 0.4) is 0 Å². The Hall–Kier alpha value is -13.3. The number of unbranched alkanes of at least 4 members (excludes halogenated alkanes) is 2. The summed E-state index contributed by atoms with van der Waals surface area (Å²) in [6.07, 6.45) is 3.91. The Kier molecular flexibility index (Phi) is 39.8. The number of nitrogens with one attached hydrogen (secondary N) is 14. The number of aromatic hydroxyl groups is 1. The number of fused-ring (bicyclic) bond motifs is 4. The highest BCUT2D eigenvalue weighted by atomic mass is 32.2. The lowest BCUT2D eigenvalue weighted by Crippen LogP contribution is -2.62. The van der Waals surface area contributed by atoms with E-state index in [0.717, 1.165) is 36.1 Å². The van der Waals surface area contributed by atoms with Gasteiger partial charge < -0.3 is 126 Å². The van der Waals surface area contributed by atoms with Crippen LogP contribution in [0.4, 0.5) is 0 Å². The van der Waals surface area contributed by atoms with Crippen LogP contribution in [-0.4, -0.2) is 312 Å². The fourth-order valence-electron chi connectivity index (χ4n) is 16.7. The van der Waals surface area contributed by atoms with Gasteiger partial charge >= 0.3 is 0 Å². The molecule has 17 amide bonds. The van der Waals surface area contributed by atoms with Gasteiger partial charge in [0.05, 0.1) is 31.7 Å². The highest BCUT2D eigenvalue weighted by molar-refractivity contribution is 8.00. The quantitative estimate of drug-likeness (QED) is 0.0155. The Morgan fingerprint density at radius 2 is 1.15 bits per heavy atom. The molecule has 6 heterocycles. The number of phenolic OH excluding ortho intramolecular Hbond substituents is 1. The molecule has 43 nitrogen and oxygen atoms in total. The SMILES string of the molecule is CCCC[C@H]1C(=O)N(C)[C@@H](CCCC)C(=O)N[C@@H](CCCNC(=N)N)C(=O)N[C@H](C(=O)NCC(N)=O)CSCC(=O)N[C@@H](Cc2ccc(O)cc2)C(=O)N(C)[C@@H](C)C(=O)N[C@@H](CC(N)=O)C(=O)N2CCC[C@H]2C(=O)N[C@@H](Cc2cnc[nH]2)C(=O)N[C@@H](CC(C)C)C(=O)N2C[C@@H](N)C[C@H]2C(=O)N[C@@H](Cc2c[nH]c3ccccc23)C(=O)N[C@@H](CO)C(=O)N[C@@H](Cc2csc3ccccc23)C(=O)N1C. The zero-order chi connectivity index (χ0) is 99.3. The van der Waals surface area contributed by atoms with Crippen LogP contribution in [0.25, 0.3) is 21.0 Å². The summed E-state index contributed by atoms with van der Waals surface area (Å²) in [6.45, 7) is 6.35. The van der Waals surface area contributed by atoms with Gasteiger partial charge in [-0.15, -0.1) is 23.1 Å². The molecule has 3 saturated heterocycles. The number of aliphatic hydroxyl groups is 1. The van der Waals surface area contributed by atoms with Crippen LogP contribution >= 0.6 is 23.1 Å². The van der Waals surface area contributed by atoms with E-state index in [-0.39, 0.29) is 108 Å². The molecule has 0 bridgehead atoms. The van der Waals surface area contributed by atoms with Gasteiger partial charge in [-0.3, -0.25) is 86.9 Å². The largest absolute Gasteiger partial charge is 0.508 e. The second-order valence-electron chi connectivity index (χ2n) is 35.0. The van der Waals surface area contributed by atoms with Crippen molar-refractivity contribution < 1.29 is 91.7 Å². The Labute approximate surface area is 795 Å². The van der Waals surface area contributed by atoms with Crippen molar-refractivity contribution in [1.82, 2.24) is 97.9 Å². The highest BCUT2D eigenvalue weighted by Crippen LogP contribution is 2.30. The fraction of sp³-hybridized carbons (Fsp3) is 0.527. The van der Waals surface area contributed by atoms with Crippen LogP contribution < -0.4 is 81.4 Å². The first kappa shape index (κ1) is 106. The maximum Gasteiger partial charge on any atom is 0.246 e. The molecule has 0 saturated carbocycles. The second kappa shape index (κ2) is 50.9. The van der Waals surface area contributed by atoms with E-state index in [1.54, 1.807) is 55.8 Å². The summed E-state index contributed by atoms with van der Waals surface area (Å²) in [5.74, 6) is -17.6. The summed E-state index contributed by atoms with van der Waals surface area (Å²) in [5, 5.41) is 61.8. The molecule has 45 heteroatoms. The van der Waals surface area contributed by atoms with Gasteiger partial charge in [-0.25, -0.2) is 4.98 Å². The number of thioether (sulfide) groups is 1. The number of primary amides is 2. The van der Waals surface area contributed by atoms with E-state index in [1.165, 1.54) is 81.1 Å². The number of rotatable bonds is 26. The summed E-state index contributed by atoms with van der Waals surface area (Å²) in [7, 11) is 3.94. The van der Waals surface area contributed by atoms with E-state index < -0.39 is 228 Å². The van der Waals surface area contributed by atoms with E-state index in [2.05, 4.69) is 73.4 Å². The number of guanidine groups is 1. The van der Waals surface area contributed by atoms with E-state index >= 15 is 38.4 Å². The predicted molar refractivity (Wildman–Crippen MR) is 505 cm³/mol. The van der Waals surface area contributed by atoms with Crippen LogP contribution in [0.15, 0.2) is 96.9 Å². The maximum absolute atomic E-state index is 15.8. The molecule has 136 heavy (non-hydrogen) atoms. The lowest BCUT2D eigenvalue weighted by Gasteiger charge is -2.36. The molecule has 9 rings (SSSR count). The topological polar surface area (TPSA) is 652 Å². The predicted octanol–water partition coefficient (Wildman–Crippen LogP) is -2.23. The van der Waals surface area contributed by atoms with Crippen LogP contribution in [0.1, 0.15) is 140 Å². The van der Waals surface area contributed by atoms with Gasteiger partial charge in [0.25, 0.3) is 0 Å². The molecule has 3 aromatic carbocycles. The highest BCUT2D eigenvalue weighted by Gasteiger charge is 2.47. The van der Waals surface area contributed by atoms with Crippen LogP contribution in [0.5, 0.6) is 5.75 Å². The molecule has 24 N–H and O–H groups in total. The van der Waals surface area contributed by atoms with Gasteiger partial charge in [0.2, 0.25) is 100 Å². The van der Waals surface area contributed by atoms with Gasteiger partial charge in [0.1, 0.15) is 90.3 Å². The number of H-pyrrole nitrogens is 2. The molecule has 0 unspecified atom stereocenters. The smallest absolute Gasteiger partial charge is 0.246 e. The molecule has 6 aromatic rings. The average molecular weight is 1930 g/mol. The van der Waals surface area contributed by atoms with Crippen LogP contribution in [0.2, 0.25) is 0 Å². The number of aliphatic hydroxyl groups excluding tert-OH is 1. The van der Waals surface area contributed by atoms with E-state index in [9.17, 15) is 53.4 Å². The van der Waals surface area contributed by atoms with Crippen LogP contribution in [-0.2, 0) is 107 Å². The Morgan fingerprint density at radius 3 is 1.81 bits per heavy atom. The summed E-state index contributed by atoms with van der Waals surface area (Å²) >= 11 is 2.12. The molecule has 0 spiro atoms. The van der Waals surface area contributed by atoms with Crippen molar-refractivity contribution in [1.29, 1.82) is 5.41 Å². The van der Waals surface area contributed by atoms with Crippen molar-refractivity contribution >= 4 is 150 Å². The number of hydrogen-bond donors (Lipinski definition) is 20. The number of para-hydroxylation sites is 1. The number of amides is 17. The monoisotopic (exact) mass is 1920 g/mol. The third-order valence-electron chi connectivity index (χ3n) is 24.3. The number of imidazole rings is 1. The number of aromatic amines is 2. The van der Waals surface area contributed by atoms with Crippen molar-refractivity contribution in [3.8, 4) is 5.75 Å². The van der Waals surface area contributed by atoms with Gasteiger partial charge in [0.15, 0.2) is 5.96 Å². The molecule has 3 fully saturated rings. The molecule has 0 aliphatic carbocycles. The first-order valence-electron chi connectivity index (χ1n) is 45.5. The van der Waals surface area contributed by atoms with Gasteiger partial charge in [0, 0.05) is 112 Å². The maximum atomic E-state index is 15.8. The Balaban J connectivity index is 1.10. The number of nitrogens with two attached hydrogens (primary N) is 4. The van der Waals surface area contributed by atoms with Gasteiger partial charge in [-0.2, -0.15) is 0 Å². The number of aromatic nitrogens is 3. The second-order valence-corrected chi connectivity index (χ2v) is 36.9. The molecular formula is C91H128N24O19S2. The molecule has 15 atom stereocenters. The minimum atomic E-state index is -1.86. The number of benzene rings is 3. The number of carbonyl (C=O) groups is 17. The molecule has 0 radical (unpaired) electrons. The van der Waals surface area contributed by atoms with Crippen molar-refractivity contribution in [3.05, 3.63) is 119 Å². The standard InChI is InChI=1S/C91H128N24O19S2/c1-9-11-23-69-83(127)103-60(22-17-31-98-91(95)96)79(123)110-68(78(122)100-42-75(94)119)46-135-47-76(120)102-64(34-51-27-29-56(117)30-28-51)86(130)111(6)50(5)77(121)106-66(39-74(93)118)88(132)114-32-18-25-70(114)84(128)105-62(38-55-41-97-48-101-55)81(125)107-63(33-49(3)4)89(133)115-43-54(92)37-72(115)85(129)104-61(35-52-40-99-59-21-15-13-19-57(52)59)80(124)109-67(44-116)82(126)108-65(36-53-45-136-73-26-16-14-20-58(53)73)87(131)113(8)71(24-12-10-2)90(134)112(69)7/h13-16,19-21,26-30,40-41,45,48-50,54,60-72,99,116-117H,9-12,17-18,22-25,31-39,42-44,46-47,92H2,1-8H3,(H2,93,118)(H2,94,119)(H,97,101)(H,100,122)(H,102,120)(H,103,127)(H,104,129)(H,105,128)(H,106,121)(H,107,125)(H,108,126)(H,109,124)(H,110,123)(H4,95,96,98)/t50-,54-,60-,61-,62-,63-,64-,65-,66-,67-,68-,69-,70-,71-,72-/m0/s1. The number of likely N-dealkylation sites (N-methyl/N-ethyl adjacent to an activating group) is 3. The van der Waals surface area contributed by atoms with Crippen molar-refractivity contribution in [3.63, 3.8) is 0 Å². The molecule has 3 aliphatic rings. The lowest BCUT2D eigenvalue weighted by molar-refractivity contribution is -0.149. The van der Waals surface area contributed by atoms with Crippen molar-refractivity contribution in [2.24, 2.45) is 28.9 Å². The molecule has 3 aromatic heterocycles. The number of carbonyl (C=O) groups excluding carboxylic acids is 17. The minimum Gasteiger partial charge on any atom is -0.508 e. The number of thiophene rings is 1. The molecule has 738 valence electrons. The summed E-state index contributed by atoms with van der Waals surface area (Å²) in [6, 6.07) is -2.44. The van der Waals surface area contributed by atoms with Gasteiger partial charge in [-0.1, -0.05) is 102 Å². The van der Waals surface area contributed by atoms with Crippen molar-refractivity contribution in [2.45, 2.75) is 234 Å². The van der Waals surface area contributed by atoms with Crippen molar-refractivity contribution in [2.75, 3.05) is 65.4 Å². The zero-order valence-corrected chi connectivity index (χ0v) is 79.2. The van der Waals surface area contributed by atoms with Gasteiger partial charge in [-0.05, 0) is 116 Å². The summed E-state index contributed by atoms with van der Waals surface area (Å²) < 4.78 is 0.818. The van der Waals surface area contributed by atoms with E-state index in [1.807, 2.05) is 32.0 Å². The zero-order valence-electron chi connectivity index (χ0n) is 77.6. The number of nitrogens with zero attached hydrogens (tertiary/aromatic N) is 6. The Morgan fingerprint density at radius 1 is 0.574 bits per heavy atom. The normalized spacial score (nSPS) is 24.7. The lowest BCUT2D eigenvalue weighted by atomic mass is 10.00. The minimum absolute atomic E-state index is 0.00200. The van der Waals surface area contributed by atoms with E-state index in [0.29, 0.717) is 64.4 Å². The van der Waals surface area contributed by atoms with Crippen LogP contribution in [0, 0.1) is 11.3 Å². The average Bonchev–Trinajstić information content (AvgIpc) is 1.53. The number of phenols is 1. The van der Waals surface area contributed by atoms with E-state index in [4.69, 9.17) is 28.3 Å². The summed E-state index contributed by atoms with van der Waals surface area (Å²) in [5.41, 5.74) is 25.9. The number of hydrogen-bond acceptors (Lipinski definition) is 24. The Bertz CT molecular complexity index is 5250. The summed E-state index contributed by atoms with van der Waals surface area (Å²) in [4.78, 5) is 267. The third kappa shape index (κ3) is 29.6. The molecular weight excluding hydrogens is 1800 g/mol. The first-order chi connectivity index (χ1) is 64.8. The molecule has 3 aliphatic heterocycles. The fourth-order valence-corrected chi connectivity index (χ4v) is 18.6. The first-order valence-corrected chi connectivity index (χ1v) is 47.6.